The number of hydrogen-bond acceptors (Lipinski definition) is 7. The lowest BCUT2D eigenvalue weighted by atomic mass is 10.2. The summed E-state index contributed by atoms with van der Waals surface area (Å²) in [5.41, 5.74) is 0.677. The van der Waals surface area contributed by atoms with E-state index < -0.39 is 21.9 Å². The minimum absolute atomic E-state index is 0.0316. The molecule has 0 radical (unpaired) electrons. The van der Waals surface area contributed by atoms with Gasteiger partial charge in [-0.1, -0.05) is 13.8 Å². The van der Waals surface area contributed by atoms with Crippen molar-refractivity contribution < 1.29 is 27.9 Å². The van der Waals surface area contributed by atoms with E-state index >= 15 is 0 Å². The van der Waals surface area contributed by atoms with Crippen molar-refractivity contribution >= 4 is 27.6 Å². The number of nitrogens with one attached hydrogen (secondary N) is 1. The van der Waals surface area contributed by atoms with Crippen LogP contribution in [0, 0.1) is 0 Å². The number of esters is 1. The third-order valence-corrected chi connectivity index (χ3v) is 6.57. The van der Waals surface area contributed by atoms with E-state index in [1.54, 1.807) is 12.1 Å². The molecular formula is C20H29N3O6S. The number of carbonyl (C=O) groups excluding carboxylic acids is 2. The Hall–Kier alpha value is -2.43. The first-order chi connectivity index (χ1) is 14.3. The van der Waals surface area contributed by atoms with Gasteiger partial charge in [0.1, 0.15) is 5.70 Å². The Morgan fingerprint density at radius 3 is 2.30 bits per heavy atom. The number of hydrogen-bond donors (Lipinski definition) is 2. The van der Waals surface area contributed by atoms with E-state index in [1.807, 2.05) is 13.8 Å². The molecule has 0 unspecified atom stereocenters. The van der Waals surface area contributed by atoms with Crippen LogP contribution in [0.25, 0.3) is 0 Å². The minimum atomic E-state index is -3.61. The van der Waals surface area contributed by atoms with E-state index in [-0.39, 0.29) is 35.9 Å². The number of benzene rings is 1. The van der Waals surface area contributed by atoms with E-state index in [2.05, 4.69) is 5.32 Å². The number of ether oxygens (including phenoxy) is 1. The Kier molecular flexibility index (Phi) is 8.39. The van der Waals surface area contributed by atoms with Gasteiger partial charge in [-0.2, -0.15) is 4.31 Å². The fourth-order valence-electron chi connectivity index (χ4n) is 3.20. The van der Waals surface area contributed by atoms with Crippen LogP contribution < -0.4 is 5.32 Å². The van der Waals surface area contributed by atoms with Crippen molar-refractivity contribution in [2.24, 2.45) is 0 Å². The second kappa shape index (κ2) is 10.6. The van der Waals surface area contributed by atoms with Crippen LogP contribution in [0.4, 0.5) is 5.69 Å². The number of nitrogens with zero attached hydrogens (tertiary/aromatic N) is 2. The van der Waals surface area contributed by atoms with Crippen LogP contribution in [0.5, 0.6) is 0 Å². The average Bonchev–Trinajstić information content (AvgIpc) is 3.03. The van der Waals surface area contributed by atoms with Crippen molar-refractivity contribution in [3.8, 4) is 0 Å². The Balaban J connectivity index is 2.27. The fraction of sp³-hybridized carbons (Fsp3) is 0.500. The molecule has 30 heavy (non-hydrogen) atoms. The molecule has 0 spiro atoms. The highest BCUT2D eigenvalue weighted by atomic mass is 32.2. The molecule has 0 saturated heterocycles. The Labute approximate surface area is 177 Å². The number of carbonyl (C=O) groups is 2. The van der Waals surface area contributed by atoms with Gasteiger partial charge in [-0.3, -0.25) is 4.79 Å². The summed E-state index contributed by atoms with van der Waals surface area (Å²) in [4.78, 5) is 26.1. The van der Waals surface area contributed by atoms with Crippen LogP contribution >= 0.6 is 0 Å². The molecule has 0 aromatic heterocycles. The molecule has 1 aliphatic rings. The number of sulfonamides is 1. The first-order valence-corrected chi connectivity index (χ1v) is 11.3. The SMILES string of the molecule is CCCN(CCC)S(=O)(=O)c1ccc(NC2=C(C(=O)OC)CN(CCO)C2=O)cc1. The van der Waals surface area contributed by atoms with E-state index in [1.165, 1.54) is 28.4 Å². The molecule has 1 amide bonds. The van der Waals surface area contributed by atoms with Gasteiger partial charge in [-0.15, -0.1) is 0 Å². The highest BCUT2D eigenvalue weighted by Crippen LogP contribution is 2.24. The molecule has 9 nitrogen and oxygen atoms in total. The fourth-order valence-corrected chi connectivity index (χ4v) is 4.83. The van der Waals surface area contributed by atoms with E-state index in [9.17, 15) is 18.0 Å². The largest absolute Gasteiger partial charge is 0.466 e. The standard InChI is InChI=1S/C20H29N3O6S/c1-4-10-23(11-5-2)30(27,28)16-8-6-15(7-9-16)21-18-17(20(26)29-3)14-22(12-13-24)19(18)25/h6-9,21,24H,4-5,10-14H2,1-3H3. The van der Waals surface area contributed by atoms with Crippen LogP contribution in [0.2, 0.25) is 0 Å². The Bertz CT molecular complexity index is 890. The predicted molar refractivity (Wildman–Crippen MR) is 112 cm³/mol. The maximum atomic E-state index is 12.9. The summed E-state index contributed by atoms with van der Waals surface area (Å²) >= 11 is 0. The van der Waals surface area contributed by atoms with Gasteiger partial charge in [-0.05, 0) is 37.1 Å². The number of anilines is 1. The maximum absolute atomic E-state index is 12.9. The lowest BCUT2D eigenvalue weighted by Crippen LogP contribution is -2.32. The molecule has 0 bridgehead atoms. The summed E-state index contributed by atoms with van der Waals surface area (Å²) < 4.78 is 31.9. The zero-order valence-corrected chi connectivity index (χ0v) is 18.4. The highest BCUT2D eigenvalue weighted by Gasteiger charge is 2.34. The van der Waals surface area contributed by atoms with Crippen LogP contribution in [0.15, 0.2) is 40.4 Å². The molecule has 2 N–H and O–H groups in total. The quantitative estimate of drug-likeness (QED) is 0.497. The smallest absolute Gasteiger partial charge is 0.337 e. The summed E-state index contributed by atoms with van der Waals surface area (Å²) in [6.07, 6.45) is 1.44. The average molecular weight is 440 g/mol. The van der Waals surface area contributed by atoms with Gasteiger partial charge in [-0.25, -0.2) is 13.2 Å². The Morgan fingerprint density at radius 1 is 1.20 bits per heavy atom. The summed E-state index contributed by atoms with van der Waals surface area (Å²) in [5, 5.41) is 12.0. The normalized spacial score (nSPS) is 14.6. The Morgan fingerprint density at radius 2 is 1.80 bits per heavy atom. The van der Waals surface area contributed by atoms with Crippen molar-refractivity contribution in [2.45, 2.75) is 31.6 Å². The molecule has 0 atom stereocenters. The molecule has 2 rings (SSSR count). The van der Waals surface area contributed by atoms with Crippen molar-refractivity contribution in [3.05, 3.63) is 35.5 Å². The van der Waals surface area contributed by atoms with Gasteiger partial charge in [0.2, 0.25) is 10.0 Å². The van der Waals surface area contributed by atoms with Crippen molar-refractivity contribution in [3.63, 3.8) is 0 Å². The monoisotopic (exact) mass is 439 g/mol. The molecule has 0 fully saturated rings. The number of methoxy groups -OCH3 is 1. The van der Waals surface area contributed by atoms with Crippen LogP contribution in [0.3, 0.4) is 0 Å². The molecule has 1 aromatic rings. The van der Waals surface area contributed by atoms with Gasteiger partial charge in [0.05, 0.1) is 30.7 Å². The lowest BCUT2D eigenvalue weighted by Gasteiger charge is -2.21. The lowest BCUT2D eigenvalue weighted by molar-refractivity contribution is -0.136. The summed E-state index contributed by atoms with van der Waals surface area (Å²) in [6.45, 7) is 4.64. The van der Waals surface area contributed by atoms with E-state index in [0.29, 0.717) is 18.8 Å². The maximum Gasteiger partial charge on any atom is 0.337 e. The van der Waals surface area contributed by atoms with Gasteiger partial charge >= 0.3 is 5.97 Å². The number of aliphatic hydroxyl groups is 1. The topological polar surface area (TPSA) is 116 Å². The first-order valence-electron chi connectivity index (χ1n) is 9.88. The molecule has 1 aliphatic heterocycles. The summed E-state index contributed by atoms with van der Waals surface area (Å²) in [7, 11) is -2.38. The third-order valence-electron chi connectivity index (χ3n) is 4.66. The number of aliphatic hydroxyl groups excluding tert-OH is 1. The van der Waals surface area contributed by atoms with Gasteiger partial charge in [0.25, 0.3) is 5.91 Å². The molecule has 10 heteroatoms. The first kappa shape index (κ1) is 23.8. The van der Waals surface area contributed by atoms with Gasteiger partial charge in [0, 0.05) is 25.3 Å². The van der Waals surface area contributed by atoms with Crippen LogP contribution in [-0.4, -0.2) is 74.5 Å². The number of amides is 1. The summed E-state index contributed by atoms with van der Waals surface area (Å²) in [5.74, 6) is -1.07. The van der Waals surface area contributed by atoms with Crippen LogP contribution in [0.1, 0.15) is 26.7 Å². The van der Waals surface area contributed by atoms with Gasteiger partial charge < -0.3 is 20.1 Å². The van der Waals surface area contributed by atoms with Crippen molar-refractivity contribution in [1.82, 2.24) is 9.21 Å². The van der Waals surface area contributed by atoms with E-state index in [4.69, 9.17) is 9.84 Å². The molecule has 0 saturated carbocycles. The number of β-amino-alcohol motifs (C(OH)–C–C–N with tert-alkyl or cyclic N) is 1. The highest BCUT2D eigenvalue weighted by molar-refractivity contribution is 7.89. The van der Waals surface area contributed by atoms with Crippen molar-refractivity contribution in [2.75, 3.05) is 45.2 Å². The van der Waals surface area contributed by atoms with E-state index in [0.717, 1.165) is 12.8 Å². The molecular weight excluding hydrogens is 410 g/mol. The predicted octanol–water partition coefficient (Wildman–Crippen LogP) is 1.17. The van der Waals surface area contributed by atoms with Crippen molar-refractivity contribution in [1.29, 1.82) is 0 Å². The second-order valence-electron chi connectivity index (χ2n) is 6.85. The second-order valence-corrected chi connectivity index (χ2v) is 8.79. The zero-order chi connectivity index (χ0) is 22.3. The molecule has 1 aromatic carbocycles. The number of rotatable bonds is 11. The molecule has 0 aliphatic carbocycles. The van der Waals surface area contributed by atoms with Crippen LogP contribution in [-0.2, 0) is 24.3 Å². The third kappa shape index (κ3) is 5.18. The molecule has 1 heterocycles. The minimum Gasteiger partial charge on any atom is -0.466 e. The zero-order valence-electron chi connectivity index (χ0n) is 17.6. The summed E-state index contributed by atoms with van der Waals surface area (Å²) in [6, 6.07) is 6.04. The van der Waals surface area contributed by atoms with Gasteiger partial charge in [0.15, 0.2) is 0 Å². The molecule has 166 valence electrons.